The van der Waals surface area contributed by atoms with E-state index in [1.807, 2.05) is 6.07 Å². The van der Waals surface area contributed by atoms with Crippen LogP contribution in [-0.4, -0.2) is 66.3 Å². The number of nitrogens with two attached hydrogens (primary N) is 1. The van der Waals surface area contributed by atoms with Crippen molar-refractivity contribution in [3.8, 4) is 5.75 Å². The zero-order valence-electron chi connectivity index (χ0n) is 21.7. The summed E-state index contributed by atoms with van der Waals surface area (Å²) < 4.78 is 11.5. The fourth-order valence-electron chi connectivity index (χ4n) is 6.81. The first-order valence-corrected chi connectivity index (χ1v) is 13.9. The predicted molar refractivity (Wildman–Crippen MR) is 147 cm³/mol. The lowest BCUT2D eigenvalue weighted by Crippen LogP contribution is -2.43. The van der Waals surface area contributed by atoms with Crippen molar-refractivity contribution in [1.82, 2.24) is 14.9 Å². The summed E-state index contributed by atoms with van der Waals surface area (Å²) in [6.45, 7) is 3.66. The Hall–Kier alpha value is -2.88. The Bertz CT molecular complexity index is 1230. The molecule has 4 aliphatic rings. The van der Waals surface area contributed by atoms with E-state index in [1.165, 1.54) is 11.1 Å². The average molecular weight is 539 g/mol. The highest BCUT2D eigenvalue weighted by atomic mass is 35.5. The zero-order valence-corrected chi connectivity index (χ0v) is 22.4. The molecule has 1 saturated carbocycles. The number of carbonyl (C=O) groups excluding carboxylic acids is 1. The Morgan fingerprint density at radius 3 is 2.76 bits per heavy atom. The second-order valence-corrected chi connectivity index (χ2v) is 11.1. The first-order valence-electron chi connectivity index (χ1n) is 13.6. The van der Waals surface area contributed by atoms with Crippen LogP contribution in [0.1, 0.15) is 30.4 Å². The van der Waals surface area contributed by atoms with Crippen LogP contribution in [0.5, 0.6) is 5.75 Å². The molecule has 2 fully saturated rings. The van der Waals surface area contributed by atoms with Crippen molar-refractivity contribution in [2.24, 2.45) is 23.5 Å². The smallest absolute Gasteiger partial charge is 0.229 e. The van der Waals surface area contributed by atoms with E-state index in [4.69, 9.17) is 26.8 Å². The van der Waals surface area contributed by atoms with Crippen LogP contribution >= 0.6 is 11.6 Å². The van der Waals surface area contributed by atoms with Gasteiger partial charge in [0, 0.05) is 25.2 Å². The standard InChI is InChI=1S/C28H35ClN6O3/c1-37-25-20-8-7-19(35-10-12-38-13-11-35)6-4-16(20)5-9-22(25)32-28-31-15-21(29)27(34-28)33-24-18-3-2-17(14-18)23(24)26(30)36/h2-3,5,9,15,17-19,23-24H,4,6-8,10-14H2,1H3,(H2,30,36)(H2,31,32,33,34)/t17?,18-,19-,23-,24+/m0/s1. The van der Waals surface area contributed by atoms with Crippen molar-refractivity contribution in [3.63, 3.8) is 0 Å². The Labute approximate surface area is 228 Å². The molecule has 4 N–H and O–H groups in total. The van der Waals surface area contributed by atoms with Crippen molar-refractivity contribution >= 4 is 35.0 Å². The normalized spacial score (nSPS) is 28.5. The van der Waals surface area contributed by atoms with Gasteiger partial charge in [0.1, 0.15) is 10.8 Å². The van der Waals surface area contributed by atoms with Crippen LogP contribution in [0.2, 0.25) is 5.02 Å². The molecule has 1 aromatic carbocycles. The van der Waals surface area contributed by atoms with Gasteiger partial charge in [-0.25, -0.2) is 4.98 Å². The molecule has 1 saturated heterocycles. The maximum atomic E-state index is 12.2. The van der Waals surface area contributed by atoms with Crippen molar-refractivity contribution in [2.75, 3.05) is 44.0 Å². The van der Waals surface area contributed by atoms with Crippen molar-refractivity contribution in [1.29, 1.82) is 0 Å². The number of halogens is 1. The molecular weight excluding hydrogens is 504 g/mol. The number of fused-ring (bicyclic) bond motifs is 3. The fraction of sp³-hybridized carbons (Fsp3) is 0.536. The third kappa shape index (κ3) is 4.83. The Balaban J connectivity index is 1.21. The predicted octanol–water partition coefficient (Wildman–Crippen LogP) is 3.55. The molecule has 0 spiro atoms. The number of allylic oxidation sites excluding steroid dienone is 1. The summed E-state index contributed by atoms with van der Waals surface area (Å²) in [6.07, 6.45) is 11.0. The average Bonchev–Trinajstić information content (AvgIpc) is 3.46. The molecule has 1 amide bonds. The number of hydrogen-bond acceptors (Lipinski definition) is 8. The number of methoxy groups -OCH3 is 1. The molecule has 2 heterocycles. The minimum absolute atomic E-state index is 0.135. The summed E-state index contributed by atoms with van der Waals surface area (Å²) in [6, 6.07) is 4.66. The van der Waals surface area contributed by atoms with Crippen LogP contribution in [0.25, 0.3) is 0 Å². The minimum atomic E-state index is -0.298. The molecule has 1 aromatic heterocycles. The molecule has 1 unspecified atom stereocenters. The minimum Gasteiger partial charge on any atom is -0.494 e. The Morgan fingerprint density at radius 2 is 1.97 bits per heavy atom. The van der Waals surface area contributed by atoms with Crippen LogP contribution in [0.15, 0.2) is 30.5 Å². The maximum absolute atomic E-state index is 12.2. The van der Waals surface area contributed by atoms with Gasteiger partial charge in [-0.05, 0) is 61.1 Å². The van der Waals surface area contributed by atoms with Crippen LogP contribution in [-0.2, 0) is 22.4 Å². The van der Waals surface area contributed by atoms with Gasteiger partial charge in [-0.2, -0.15) is 4.98 Å². The van der Waals surface area contributed by atoms with Gasteiger partial charge in [0.2, 0.25) is 11.9 Å². The highest BCUT2D eigenvalue weighted by molar-refractivity contribution is 6.32. The number of carbonyl (C=O) groups is 1. The Morgan fingerprint density at radius 1 is 1.18 bits per heavy atom. The summed E-state index contributed by atoms with van der Waals surface area (Å²) in [5, 5.41) is 7.15. The molecule has 6 rings (SSSR count). The molecule has 2 aromatic rings. The summed E-state index contributed by atoms with van der Waals surface area (Å²) in [4.78, 5) is 23.8. The number of aromatic nitrogens is 2. The number of benzene rings is 1. The quantitative estimate of drug-likeness (QED) is 0.362. The van der Waals surface area contributed by atoms with Gasteiger partial charge in [-0.3, -0.25) is 9.69 Å². The van der Waals surface area contributed by atoms with Crippen molar-refractivity contribution < 1.29 is 14.3 Å². The van der Waals surface area contributed by atoms with E-state index in [1.54, 1.807) is 13.3 Å². The first-order chi connectivity index (χ1) is 18.5. The van der Waals surface area contributed by atoms with Gasteiger partial charge < -0.3 is 25.8 Å². The van der Waals surface area contributed by atoms with Crippen LogP contribution in [0.3, 0.4) is 0 Å². The molecule has 38 heavy (non-hydrogen) atoms. The highest BCUT2D eigenvalue weighted by Gasteiger charge is 2.47. The molecule has 1 aliphatic heterocycles. The molecule has 202 valence electrons. The fourth-order valence-corrected chi connectivity index (χ4v) is 6.95. The summed E-state index contributed by atoms with van der Waals surface area (Å²) >= 11 is 6.47. The van der Waals surface area contributed by atoms with E-state index < -0.39 is 0 Å². The summed E-state index contributed by atoms with van der Waals surface area (Å²) in [7, 11) is 1.72. The van der Waals surface area contributed by atoms with Crippen molar-refractivity contribution in [2.45, 2.75) is 44.2 Å². The van der Waals surface area contributed by atoms with E-state index >= 15 is 0 Å². The van der Waals surface area contributed by atoms with E-state index in [0.717, 1.165) is 69.8 Å². The summed E-state index contributed by atoms with van der Waals surface area (Å²) in [5.74, 6) is 1.55. The van der Waals surface area contributed by atoms with Gasteiger partial charge in [-0.1, -0.05) is 29.8 Å². The van der Waals surface area contributed by atoms with Crippen LogP contribution in [0, 0.1) is 17.8 Å². The third-order valence-corrected chi connectivity index (χ3v) is 8.96. The second kappa shape index (κ2) is 10.7. The van der Waals surface area contributed by atoms with Gasteiger partial charge in [0.15, 0.2) is 5.82 Å². The third-order valence-electron chi connectivity index (χ3n) is 8.68. The molecule has 2 bridgehead atoms. The largest absolute Gasteiger partial charge is 0.494 e. The van der Waals surface area contributed by atoms with E-state index in [2.05, 4.69) is 43.7 Å². The lowest BCUT2D eigenvalue weighted by Gasteiger charge is -2.34. The molecule has 5 atom stereocenters. The number of aryl methyl sites for hydroxylation is 1. The summed E-state index contributed by atoms with van der Waals surface area (Å²) in [5.41, 5.74) is 9.14. The second-order valence-electron chi connectivity index (χ2n) is 10.7. The first kappa shape index (κ1) is 25.4. The number of amides is 1. The van der Waals surface area contributed by atoms with E-state index in [0.29, 0.717) is 22.8 Å². The van der Waals surface area contributed by atoms with E-state index in [-0.39, 0.29) is 29.7 Å². The number of hydrogen-bond donors (Lipinski definition) is 3. The van der Waals surface area contributed by atoms with Gasteiger partial charge in [-0.15, -0.1) is 0 Å². The SMILES string of the molecule is COc1c(Nc2ncc(Cl)c(N[C@@H]3[C@H]4C=CC(C4)[C@@H]3C(N)=O)n2)ccc2c1CC[C@@H](N1CCOCC1)CC2. The number of nitrogens with zero attached hydrogens (tertiary/aromatic N) is 3. The molecule has 10 heteroatoms. The van der Waals surface area contributed by atoms with E-state index in [9.17, 15) is 4.79 Å². The number of anilines is 3. The van der Waals surface area contributed by atoms with Gasteiger partial charge >= 0.3 is 0 Å². The zero-order chi connectivity index (χ0) is 26.2. The maximum Gasteiger partial charge on any atom is 0.229 e. The molecule has 3 aliphatic carbocycles. The van der Waals surface area contributed by atoms with Gasteiger partial charge in [0.25, 0.3) is 0 Å². The molecule has 9 nitrogen and oxygen atoms in total. The lowest BCUT2D eigenvalue weighted by atomic mass is 9.88. The van der Waals surface area contributed by atoms with Gasteiger partial charge in [0.05, 0.1) is 38.1 Å². The lowest BCUT2D eigenvalue weighted by molar-refractivity contribution is -0.122. The van der Waals surface area contributed by atoms with Crippen molar-refractivity contribution in [3.05, 3.63) is 46.6 Å². The number of nitrogens with one attached hydrogen (secondary N) is 2. The monoisotopic (exact) mass is 538 g/mol. The molecular formula is C28H35ClN6O3. The number of morpholine rings is 1. The topological polar surface area (TPSA) is 115 Å². The number of ether oxygens (including phenoxy) is 2. The number of rotatable bonds is 7. The Kier molecular flexibility index (Phi) is 7.16. The molecule has 0 radical (unpaired) electrons. The van der Waals surface area contributed by atoms with Crippen LogP contribution < -0.4 is 21.1 Å². The van der Waals surface area contributed by atoms with Crippen LogP contribution in [0.4, 0.5) is 17.5 Å². The number of primary amides is 1. The highest BCUT2D eigenvalue weighted by Crippen LogP contribution is 2.45.